The topological polar surface area (TPSA) is 41.6 Å². The number of morpholine rings is 1. The van der Waals surface area contributed by atoms with E-state index in [1.54, 1.807) is 4.90 Å². The van der Waals surface area contributed by atoms with Crippen LogP contribution in [0.15, 0.2) is 0 Å². The third kappa shape index (κ3) is 3.64. The lowest BCUT2D eigenvalue weighted by atomic mass is 10.2. The van der Waals surface area contributed by atoms with Gasteiger partial charge in [-0.25, -0.2) is 0 Å². The molecule has 14 heavy (non-hydrogen) atoms. The molecule has 1 unspecified atom stereocenters. The second kappa shape index (κ2) is 5.98. The lowest BCUT2D eigenvalue weighted by Gasteiger charge is -2.25. The molecule has 1 N–H and O–H groups in total. The summed E-state index contributed by atoms with van der Waals surface area (Å²) in [6.07, 6.45) is 1.57. The van der Waals surface area contributed by atoms with E-state index in [-0.39, 0.29) is 12.0 Å². The zero-order chi connectivity index (χ0) is 10.4. The fourth-order valence-corrected chi connectivity index (χ4v) is 1.56. The van der Waals surface area contributed by atoms with Crippen LogP contribution in [0.1, 0.15) is 19.8 Å². The van der Waals surface area contributed by atoms with Crippen molar-refractivity contribution in [2.45, 2.75) is 25.9 Å². The van der Waals surface area contributed by atoms with Gasteiger partial charge in [-0.3, -0.25) is 4.79 Å². The SMILES string of the molecule is CCCN(C)C(=O)CC1CNCCO1. The quantitative estimate of drug-likeness (QED) is 0.706. The van der Waals surface area contributed by atoms with Crippen molar-refractivity contribution in [3.63, 3.8) is 0 Å². The van der Waals surface area contributed by atoms with Crippen LogP contribution < -0.4 is 5.32 Å². The molecule has 0 saturated carbocycles. The molecule has 0 radical (unpaired) electrons. The van der Waals surface area contributed by atoms with Gasteiger partial charge in [0.15, 0.2) is 0 Å². The first kappa shape index (κ1) is 11.5. The fraction of sp³-hybridized carbons (Fsp3) is 0.900. The minimum atomic E-state index is 0.0653. The van der Waals surface area contributed by atoms with Gasteiger partial charge in [0.2, 0.25) is 5.91 Å². The van der Waals surface area contributed by atoms with Crippen molar-refractivity contribution in [2.24, 2.45) is 0 Å². The molecular formula is C10H20N2O2. The highest BCUT2D eigenvalue weighted by molar-refractivity contribution is 5.76. The predicted molar refractivity (Wildman–Crippen MR) is 55.2 cm³/mol. The Balaban J connectivity index is 2.24. The second-order valence-corrected chi connectivity index (χ2v) is 3.72. The number of carbonyl (C=O) groups is 1. The molecule has 1 aliphatic heterocycles. The Bertz CT molecular complexity index is 179. The number of nitrogens with zero attached hydrogens (tertiary/aromatic N) is 1. The van der Waals surface area contributed by atoms with Crippen LogP contribution in [0.4, 0.5) is 0 Å². The van der Waals surface area contributed by atoms with Crippen molar-refractivity contribution < 1.29 is 9.53 Å². The van der Waals surface area contributed by atoms with Crippen LogP contribution in [0.2, 0.25) is 0 Å². The third-order valence-electron chi connectivity index (χ3n) is 2.39. The van der Waals surface area contributed by atoms with Crippen molar-refractivity contribution >= 4 is 5.91 Å². The monoisotopic (exact) mass is 200 g/mol. The number of amides is 1. The van der Waals surface area contributed by atoms with Gasteiger partial charge in [-0.05, 0) is 6.42 Å². The van der Waals surface area contributed by atoms with Gasteiger partial charge in [0.25, 0.3) is 0 Å². The summed E-state index contributed by atoms with van der Waals surface area (Å²) < 4.78 is 5.47. The Morgan fingerprint density at radius 3 is 3.00 bits per heavy atom. The van der Waals surface area contributed by atoms with Gasteiger partial charge in [0.05, 0.1) is 19.1 Å². The van der Waals surface area contributed by atoms with Crippen LogP contribution in [-0.2, 0) is 9.53 Å². The number of rotatable bonds is 4. The first-order chi connectivity index (χ1) is 6.74. The molecule has 1 rings (SSSR count). The molecular weight excluding hydrogens is 180 g/mol. The largest absolute Gasteiger partial charge is 0.375 e. The zero-order valence-electron chi connectivity index (χ0n) is 9.08. The Labute approximate surface area is 85.6 Å². The molecule has 0 aromatic carbocycles. The highest BCUT2D eigenvalue weighted by atomic mass is 16.5. The number of hydrogen-bond donors (Lipinski definition) is 1. The molecule has 1 aliphatic rings. The molecule has 0 aliphatic carbocycles. The van der Waals surface area contributed by atoms with E-state index in [4.69, 9.17) is 4.74 Å². The maximum Gasteiger partial charge on any atom is 0.224 e. The van der Waals surface area contributed by atoms with Crippen LogP contribution >= 0.6 is 0 Å². The normalized spacial score (nSPS) is 22.0. The molecule has 4 nitrogen and oxygen atoms in total. The molecule has 0 spiro atoms. The Kier molecular flexibility index (Phi) is 4.90. The molecule has 1 atom stereocenters. The van der Waals surface area contributed by atoms with E-state index in [1.807, 2.05) is 7.05 Å². The molecule has 0 bridgehead atoms. The number of carbonyl (C=O) groups excluding carboxylic acids is 1. The van der Waals surface area contributed by atoms with Crippen molar-refractivity contribution in [1.29, 1.82) is 0 Å². The van der Waals surface area contributed by atoms with Gasteiger partial charge in [-0.2, -0.15) is 0 Å². The van der Waals surface area contributed by atoms with Gasteiger partial charge in [-0.15, -0.1) is 0 Å². The van der Waals surface area contributed by atoms with E-state index in [1.165, 1.54) is 0 Å². The summed E-state index contributed by atoms with van der Waals surface area (Å²) in [6, 6.07) is 0. The zero-order valence-corrected chi connectivity index (χ0v) is 9.08. The summed E-state index contributed by atoms with van der Waals surface area (Å²) in [5.74, 6) is 0.181. The Morgan fingerprint density at radius 1 is 1.64 bits per heavy atom. The van der Waals surface area contributed by atoms with Gasteiger partial charge >= 0.3 is 0 Å². The van der Waals surface area contributed by atoms with Crippen LogP contribution in [0.5, 0.6) is 0 Å². The van der Waals surface area contributed by atoms with Crippen LogP contribution in [0, 0.1) is 0 Å². The standard InChI is InChI=1S/C10H20N2O2/c1-3-5-12(2)10(13)7-9-8-11-4-6-14-9/h9,11H,3-8H2,1-2H3. The molecule has 0 aromatic rings. The summed E-state index contributed by atoms with van der Waals surface area (Å²) in [5, 5.41) is 3.22. The number of ether oxygens (including phenoxy) is 1. The van der Waals surface area contributed by atoms with Crippen LogP contribution in [-0.4, -0.2) is 50.2 Å². The second-order valence-electron chi connectivity index (χ2n) is 3.72. The van der Waals surface area contributed by atoms with Crippen LogP contribution in [0.25, 0.3) is 0 Å². The molecule has 1 saturated heterocycles. The summed E-state index contributed by atoms with van der Waals surface area (Å²) >= 11 is 0. The highest BCUT2D eigenvalue weighted by Gasteiger charge is 2.18. The molecule has 0 aromatic heterocycles. The van der Waals surface area contributed by atoms with Crippen molar-refractivity contribution in [1.82, 2.24) is 10.2 Å². The van der Waals surface area contributed by atoms with Gasteiger partial charge < -0.3 is 15.0 Å². The summed E-state index contributed by atoms with van der Waals surface area (Å²) in [7, 11) is 1.85. The van der Waals surface area contributed by atoms with E-state index in [2.05, 4.69) is 12.2 Å². The average Bonchev–Trinajstić information content (AvgIpc) is 2.19. The molecule has 1 heterocycles. The molecule has 82 valence electrons. The highest BCUT2D eigenvalue weighted by Crippen LogP contribution is 2.04. The van der Waals surface area contributed by atoms with Crippen molar-refractivity contribution in [3.8, 4) is 0 Å². The minimum Gasteiger partial charge on any atom is -0.375 e. The van der Waals surface area contributed by atoms with Gasteiger partial charge in [0, 0.05) is 26.7 Å². The maximum atomic E-state index is 11.6. The van der Waals surface area contributed by atoms with Crippen molar-refractivity contribution in [2.75, 3.05) is 33.3 Å². The van der Waals surface area contributed by atoms with E-state index >= 15 is 0 Å². The Hall–Kier alpha value is -0.610. The number of hydrogen-bond acceptors (Lipinski definition) is 3. The van der Waals surface area contributed by atoms with Crippen molar-refractivity contribution in [3.05, 3.63) is 0 Å². The predicted octanol–water partition coefficient (Wildman–Crippen LogP) is 0.233. The summed E-state index contributed by atoms with van der Waals surface area (Å²) in [5.41, 5.74) is 0. The van der Waals surface area contributed by atoms with Crippen LogP contribution in [0.3, 0.4) is 0 Å². The number of nitrogens with one attached hydrogen (secondary N) is 1. The lowest BCUT2D eigenvalue weighted by molar-refractivity contribution is -0.133. The van der Waals surface area contributed by atoms with E-state index in [0.717, 1.165) is 32.7 Å². The molecule has 1 amide bonds. The van der Waals surface area contributed by atoms with E-state index in [0.29, 0.717) is 6.42 Å². The smallest absolute Gasteiger partial charge is 0.224 e. The van der Waals surface area contributed by atoms with E-state index < -0.39 is 0 Å². The van der Waals surface area contributed by atoms with E-state index in [9.17, 15) is 4.79 Å². The molecule has 4 heteroatoms. The summed E-state index contributed by atoms with van der Waals surface area (Å²) in [6.45, 7) is 5.32. The first-order valence-electron chi connectivity index (χ1n) is 5.30. The molecule has 1 fully saturated rings. The maximum absolute atomic E-state index is 11.6. The average molecular weight is 200 g/mol. The third-order valence-corrected chi connectivity index (χ3v) is 2.39. The van der Waals surface area contributed by atoms with Gasteiger partial charge in [-0.1, -0.05) is 6.92 Å². The first-order valence-corrected chi connectivity index (χ1v) is 5.30. The Morgan fingerprint density at radius 2 is 2.43 bits per heavy atom. The lowest BCUT2D eigenvalue weighted by Crippen LogP contribution is -2.41. The van der Waals surface area contributed by atoms with Gasteiger partial charge in [0.1, 0.15) is 0 Å². The minimum absolute atomic E-state index is 0.0653. The fourth-order valence-electron chi connectivity index (χ4n) is 1.56. The summed E-state index contributed by atoms with van der Waals surface area (Å²) in [4.78, 5) is 13.4.